The zero-order chi connectivity index (χ0) is 10.2. The van der Waals surface area contributed by atoms with Crippen molar-refractivity contribution in [2.45, 2.75) is 32.6 Å². The van der Waals surface area contributed by atoms with Gasteiger partial charge in [0.15, 0.2) is 0 Å². The topological polar surface area (TPSA) is 40.5 Å². The van der Waals surface area contributed by atoms with E-state index in [0.29, 0.717) is 0 Å². The Morgan fingerprint density at radius 2 is 2.14 bits per heavy atom. The van der Waals surface area contributed by atoms with Gasteiger partial charge in [-0.3, -0.25) is 4.79 Å². The van der Waals surface area contributed by atoms with Gasteiger partial charge in [0, 0.05) is 13.1 Å². The highest BCUT2D eigenvalue weighted by Gasteiger charge is 2.44. The molecule has 2 fully saturated rings. The number of hydrogen-bond acceptors (Lipinski definition) is 2. The molecule has 80 valence electrons. The van der Waals surface area contributed by atoms with Crippen molar-refractivity contribution in [2.24, 2.45) is 11.3 Å². The van der Waals surface area contributed by atoms with E-state index in [-0.39, 0.29) is 5.41 Å². The largest absolute Gasteiger partial charge is 0.481 e. The third-order valence-electron chi connectivity index (χ3n) is 3.81. The normalized spacial score (nSPS) is 26.6. The lowest BCUT2D eigenvalue weighted by Crippen LogP contribution is -2.48. The maximum Gasteiger partial charge on any atom is 0.309 e. The molecule has 0 aromatic heterocycles. The van der Waals surface area contributed by atoms with Crippen molar-refractivity contribution in [3.63, 3.8) is 0 Å². The first kappa shape index (κ1) is 9.97. The Labute approximate surface area is 85.1 Å². The molecule has 1 aliphatic carbocycles. The van der Waals surface area contributed by atoms with Crippen molar-refractivity contribution < 1.29 is 9.90 Å². The number of hydrogen-bond donors (Lipinski definition) is 1. The summed E-state index contributed by atoms with van der Waals surface area (Å²) in [5, 5.41) is 9.12. The molecule has 3 nitrogen and oxygen atoms in total. The summed E-state index contributed by atoms with van der Waals surface area (Å²) in [6, 6.07) is 0. The van der Waals surface area contributed by atoms with Gasteiger partial charge in [0.2, 0.25) is 0 Å². The van der Waals surface area contributed by atoms with Crippen LogP contribution in [0.2, 0.25) is 0 Å². The molecule has 3 heteroatoms. The zero-order valence-electron chi connectivity index (χ0n) is 8.83. The van der Waals surface area contributed by atoms with Gasteiger partial charge in [-0.15, -0.1) is 0 Å². The average Bonchev–Trinajstić information content (AvgIpc) is 1.97. The average molecular weight is 197 g/mol. The molecule has 0 amide bonds. The van der Waals surface area contributed by atoms with Crippen LogP contribution in [-0.4, -0.2) is 35.6 Å². The second kappa shape index (κ2) is 3.54. The number of carboxylic acids is 1. The first-order chi connectivity index (χ1) is 6.62. The number of likely N-dealkylation sites (tertiary alicyclic amines) is 1. The minimum Gasteiger partial charge on any atom is -0.481 e. The number of nitrogens with zero attached hydrogens (tertiary/aromatic N) is 1. The predicted octanol–water partition coefficient (Wildman–Crippen LogP) is 1.58. The highest BCUT2D eigenvalue weighted by molar-refractivity contribution is 5.75. The van der Waals surface area contributed by atoms with Gasteiger partial charge in [0.25, 0.3) is 0 Å². The molecule has 0 aromatic carbocycles. The van der Waals surface area contributed by atoms with E-state index in [1.165, 1.54) is 0 Å². The fourth-order valence-corrected chi connectivity index (χ4v) is 2.56. The molecule has 1 heterocycles. The van der Waals surface area contributed by atoms with Crippen LogP contribution in [-0.2, 0) is 4.79 Å². The summed E-state index contributed by atoms with van der Waals surface area (Å²) >= 11 is 0. The van der Waals surface area contributed by atoms with Crippen LogP contribution < -0.4 is 0 Å². The Morgan fingerprint density at radius 1 is 1.50 bits per heavy atom. The van der Waals surface area contributed by atoms with Gasteiger partial charge >= 0.3 is 5.97 Å². The third kappa shape index (κ3) is 1.65. The van der Waals surface area contributed by atoms with Crippen molar-refractivity contribution in [1.29, 1.82) is 0 Å². The second-order valence-electron chi connectivity index (χ2n) is 5.05. The number of carboxylic acid groups (broad SMARTS) is 1. The standard InChI is InChI=1S/C11H19NO2/c1-9-7-12(8-9)6-5-11(10(13)14)3-2-4-11/h9H,2-8H2,1H3,(H,13,14). The van der Waals surface area contributed by atoms with Crippen LogP contribution in [0.3, 0.4) is 0 Å². The minimum absolute atomic E-state index is 0.348. The Kier molecular flexibility index (Phi) is 2.52. The molecule has 2 aliphatic rings. The Bertz CT molecular complexity index is 229. The van der Waals surface area contributed by atoms with Crippen LogP contribution in [0.15, 0.2) is 0 Å². The molecule has 0 unspecified atom stereocenters. The van der Waals surface area contributed by atoms with E-state index in [0.717, 1.165) is 51.2 Å². The summed E-state index contributed by atoms with van der Waals surface area (Å²) in [4.78, 5) is 13.4. The molecule has 1 N–H and O–H groups in total. The van der Waals surface area contributed by atoms with E-state index in [4.69, 9.17) is 5.11 Å². The highest BCUT2D eigenvalue weighted by Crippen LogP contribution is 2.44. The second-order valence-corrected chi connectivity index (χ2v) is 5.05. The van der Waals surface area contributed by atoms with Gasteiger partial charge in [0.1, 0.15) is 0 Å². The van der Waals surface area contributed by atoms with Crippen LogP contribution in [0.25, 0.3) is 0 Å². The van der Waals surface area contributed by atoms with Crippen molar-refractivity contribution in [3.05, 3.63) is 0 Å². The summed E-state index contributed by atoms with van der Waals surface area (Å²) < 4.78 is 0. The van der Waals surface area contributed by atoms with E-state index in [9.17, 15) is 4.79 Å². The van der Waals surface area contributed by atoms with Gasteiger partial charge < -0.3 is 10.0 Å². The number of rotatable bonds is 4. The van der Waals surface area contributed by atoms with Gasteiger partial charge in [0.05, 0.1) is 5.41 Å². The van der Waals surface area contributed by atoms with Crippen molar-refractivity contribution >= 4 is 5.97 Å². The van der Waals surface area contributed by atoms with Gasteiger partial charge in [-0.25, -0.2) is 0 Å². The monoisotopic (exact) mass is 197 g/mol. The van der Waals surface area contributed by atoms with E-state index in [2.05, 4.69) is 11.8 Å². The zero-order valence-corrected chi connectivity index (χ0v) is 8.83. The highest BCUT2D eigenvalue weighted by atomic mass is 16.4. The molecule has 2 rings (SSSR count). The first-order valence-electron chi connectivity index (χ1n) is 5.58. The predicted molar refractivity (Wildman–Crippen MR) is 54.1 cm³/mol. The summed E-state index contributed by atoms with van der Waals surface area (Å²) in [7, 11) is 0. The summed E-state index contributed by atoms with van der Waals surface area (Å²) in [6.45, 7) is 5.55. The van der Waals surface area contributed by atoms with Crippen molar-refractivity contribution in [2.75, 3.05) is 19.6 Å². The van der Waals surface area contributed by atoms with Crippen LogP contribution in [0, 0.1) is 11.3 Å². The fraction of sp³-hybridized carbons (Fsp3) is 0.909. The maximum atomic E-state index is 11.1. The Balaban J connectivity index is 1.76. The Morgan fingerprint density at radius 3 is 2.50 bits per heavy atom. The van der Waals surface area contributed by atoms with Crippen LogP contribution in [0.5, 0.6) is 0 Å². The third-order valence-corrected chi connectivity index (χ3v) is 3.81. The summed E-state index contributed by atoms with van der Waals surface area (Å²) in [5.74, 6) is 0.245. The van der Waals surface area contributed by atoms with Crippen LogP contribution >= 0.6 is 0 Å². The van der Waals surface area contributed by atoms with Gasteiger partial charge in [-0.05, 0) is 31.7 Å². The maximum absolute atomic E-state index is 11.1. The molecule has 14 heavy (non-hydrogen) atoms. The molecule has 0 aromatic rings. The van der Waals surface area contributed by atoms with E-state index >= 15 is 0 Å². The first-order valence-corrected chi connectivity index (χ1v) is 5.58. The Hall–Kier alpha value is -0.570. The van der Waals surface area contributed by atoms with Crippen LogP contribution in [0.4, 0.5) is 0 Å². The molecule has 0 atom stereocenters. The number of carbonyl (C=O) groups is 1. The van der Waals surface area contributed by atoms with Crippen molar-refractivity contribution in [3.8, 4) is 0 Å². The number of aliphatic carboxylic acids is 1. The summed E-state index contributed by atoms with van der Waals surface area (Å²) in [6.07, 6.45) is 3.75. The smallest absolute Gasteiger partial charge is 0.309 e. The van der Waals surface area contributed by atoms with E-state index in [1.54, 1.807) is 0 Å². The van der Waals surface area contributed by atoms with Crippen molar-refractivity contribution in [1.82, 2.24) is 4.90 Å². The molecule has 0 spiro atoms. The van der Waals surface area contributed by atoms with Gasteiger partial charge in [-0.2, -0.15) is 0 Å². The quantitative estimate of drug-likeness (QED) is 0.744. The SMILES string of the molecule is CC1CN(CCC2(C(=O)O)CCC2)C1. The molecule has 0 radical (unpaired) electrons. The lowest BCUT2D eigenvalue weighted by atomic mass is 9.66. The van der Waals surface area contributed by atoms with Gasteiger partial charge in [-0.1, -0.05) is 13.3 Å². The molecule has 1 aliphatic heterocycles. The lowest BCUT2D eigenvalue weighted by Gasteiger charge is -2.42. The van der Waals surface area contributed by atoms with Crippen LogP contribution in [0.1, 0.15) is 32.6 Å². The summed E-state index contributed by atoms with van der Waals surface area (Å²) in [5.41, 5.74) is -0.348. The molecular weight excluding hydrogens is 178 g/mol. The fourth-order valence-electron chi connectivity index (χ4n) is 2.56. The van der Waals surface area contributed by atoms with E-state index < -0.39 is 5.97 Å². The lowest BCUT2D eigenvalue weighted by molar-refractivity contribution is -0.155. The molecule has 0 bridgehead atoms. The molecule has 1 saturated heterocycles. The molecule has 1 saturated carbocycles. The molecular formula is C11H19NO2. The minimum atomic E-state index is -0.572. The van der Waals surface area contributed by atoms with E-state index in [1.807, 2.05) is 0 Å².